The molecule has 0 saturated carbocycles. The smallest absolute Gasteiger partial charge is 0.321 e. The maximum absolute atomic E-state index is 12.3. The Bertz CT molecular complexity index is 637. The lowest BCUT2D eigenvalue weighted by Crippen LogP contribution is -2.33. The van der Waals surface area contributed by atoms with Gasteiger partial charge in [-0.3, -0.25) is 4.79 Å². The molecule has 3 rings (SSSR count). The van der Waals surface area contributed by atoms with Gasteiger partial charge in [-0.25, -0.2) is 4.79 Å². The van der Waals surface area contributed by atoms with Gasteiger partial charge in [0.15, 0.2) is 11.5 Å². The normalized spacial score (nSPS) is 20.0. The van der Waals surface area contributed by atoms with Crippen molar-refractivity contribution in [2.24, 2.45) is 5.92 Å². The second-order valence-electron chi connectivity index (χ2n) is 5.53. The number of rotatable bonds is 2. The standard InChI is InChI=1S/C15H17ClN2O5/c16-10-6-12-13(23-5-1-4-22-12)7-11(10)17-15(21)18-3-2-9(8-18)14(19)20/h6-7,9H,1-5,8H2,(H,17,21)(H,19,20). The summed E-state index contributed by atoms with van der Waals surface area (Å²) >= 11 is 6.18. The van der Waals surface area contributed by atoms with E-state index in [-0.39, 0.29) is 12.6 Å². The Balaban J connectivity index is 1.71. The van der Waals surface area contributed by atoms with Crippen LogP contribution in [-0.4, -0.2) is 48.3 Å². The Morgan fingerprint density at radius 3 is 2.61 bits per heavy atom. The summed E-state index contributed by atoms with van der Waals surface area (Å²) in [4.78, 5) is 24.7. The first kappa shape index (κ1) is 15.7. The lowest BCUT2D eigenvalue weighted by Gasteiger charge is -2.18. The van der Waals surface area contributed by atoms with Crippen molar-refractivity contribution in [3.8, 4) is 11.5 Å². The van der Waals surface area contributed by atoms with E-state index in [0.29, 0.717) is 48.4 Å². The van der Waals surface area contributed by atoms with Crippen LogP contribution >= 0.6 is 11.6 Å². The molecule has 1 aromatic carbocycles. The van der Waals surface area contributed by atoms with Gasteiger partial charge in [0.2, 0.25) is 0 Å². The summed E-state index contributed by atoms with van der Waals surface area (Å²) in [6, 6.07) is 2.87. The first-order valence-electron chi connectivity index (χ1n) is 7.42. The third-order valence-electron chi connectivity index (χ3n) is 3.90. The number of carbonyl (C=O) groups excluding carboxylic acids is 1. The molecule has 0 aliphatic carbocycles. The number of fused-ring (bicyclic) bond motifs is 1. The molecule has 1 atom stereocenters. The van der Waals surface area contributed by atoms with Gasteiger partial charge in [-0.1, -0.05) is 11.6 Å². The zero-order valence-electron chi connectivity index (χ0n) is 12.4. The topological polar surface area (TPSA) is 88.1 Å². The first-order chi connectivity index (χ1) is 11.0. The zero-order valence-corrected chi connectivity index (χ0v) is 13.1. The van der Waals surface area contributed by atoms with Crippen molar-refractivity contribution in [3.63, 3.8) is 0 Å². The van der Waals surface area contributed by atoms with Crippen LogP contribution in [0.3, 0.4) is 0 Å². The SMILES string of the molecule is O=C(O)C1CCN(C(=O)Nc2cc3c(cc2Cl)OCCCO3)C1. The van der Waals surface area contributed by atoms with Crippen molar-refractivity contribution in [2.45, 2.75) is 12.8 Å². The van der Waals surface area contributed by atoms with Crippen molar-refractivity contribution >= 4 is 29.3 Å². The van der Waals surface area contributed by atoms with E-state index >= 15 is 0 Å². The summed E-state index contributed by atoms with van der Waals surface area (Å²) in [5.74, 6) is -0.307. The van der Waals surface area contributed by atoms with Gasteiger partial charge in [0.1, 0.15) is 0 Å². The number of hydrogen-bond donors (Lipinski definition) is 2. The number of nitrogens with one attached hydrogen (secondary N) is 1. The van der Waals surface area contributed by atoms with Crippen molar-refractivity contribution in [2.75, 3.05) is 31.6 Å². The number of halogens is 1. The summed E-state index contributed by atoms with van der Waals surface area (Å²) in [5.41, 5.74) is 0.416. The second kappa shape index (κ2) is 6.54. The highest BCUT2D eigenvalue weighted by molar-refractivity contribution is 6.34. The van der Waals surface area contributed by atoms with E-state index in [9.17, 15) is 9.59 Å². The second-order valence-corrected chi connectivity index (χ2v) is 5.94. The lowest BCUT2D eigenvalue weighted by atomic mass is 10.1. The third-order valence-corrected chi connectivity index (χ3v) is 4.22. The first-order valence-corrected chi connectivity index (χ1v) is 7.80. The van der Waals surface area contributed by atoms with Gasteiger partial charge in [0.25, 0.3) is 0 Å². The van der Waals surface area contributed by atoms with Gasteiger partial charge in [-0.2, -0.15) is 0 Å². The number of amides is 2. The molecule has 8 heteroatoms. The van der Waals surface area contributed by atoms with Crippen LogP contribution in [0.4, 0.5) is 10.5 Å². The Morgan fingerprint density at radius 2 is 1.96 bits per heavy atom. The molecular formula is C15H17ClN2O5. The molecule has 23 heavy (non-hydrogen) atoms. The molecule has 0 radical (unpaired) electrons. The van der Waals surface area contributed by atoms with Crippen molar-refractivity contribution in [1.82, 2.24) is 4.90 Å². The van der Waals surface area contributed by atoms with Gasteiger partial charge < -0.3 is 24.8 Å². The van der Waals surface area contributed by atoms with E-state index in [1.165, 1.54) is 4.90 Å². The van der Waals surface area contributed by atoms with Crippen LogP contribution in [0.1, 0.15) is 12.8 Å². The summed E-state index contributed by atoms with van der Waals surface area (Å²) in [7, 11) is 0. The number of hydrogen-bond acceptors (Lipinski definition) is 4. The lowest BCUT2D eigenvalue weighted by molar-refractivity contribution is -0.141. The van der Waals surface area contributed by atoms with Crippen LogP contribution in [-0.2, 0) is 4.79 Å². The summed E-state index contributed by atoms with van der Waals surface area (Å²) in [6.07, 6.45) is 1.23. The number of likely N-dealkylation sites (tertiary alicyclic amines) is 1. The molecule has 7 nitrogen and oxygen atoms in total. The number of nitrogens with zero attached hydrogens (tertiary/aromatic N) is 1. The average molecular weight is 341 g/mol. The Hall–Kier alpha value is -2.15. The molecule has 1 fully saturated rings. The minimum atomic E-state index is -0.881. The van der Waals surface area contributed by atoms with Crippen molar-refractivity contribution < 1.29 is 24.2 Å². The number of aliphatic carboxylic acids is 1. The minimum absolute atomic E-state index is 0.198. The predicted molar refractivity (Wildman–Crippen MR) is 83.4 cm³/mol. The summed E-state index contributed by atoms with van der Waals surface area (Å²) in [5, 5.41) is 12.0. The minimum Gasteiger partial charge on any atom is -0.490 e. The van der Waals surface area contributed by atoms with E-state index < -0.39 is 11.9 Å². The van der Waals surface area contributed by atoms with Gasteiger partial charge in [-0.05, 0) is 6.42 Å². The highest BCUT2D eigenvalue weighted by atomic mass is 35.5. The molecule has 1 aromatic rings. The largest absolute Gasteiger partial charge is 0.490 e. The monoisotopic (exact) mass is 340 g/mol. The highest BCUT2D eigenvalue weighted by Gasteiger charge is 2.31. The molecule has 0 spiro atoms. The zero-order chi connectivity index (χ0) is 16.4. The number of anilines is 1. The third kappa shape index (κ3) is 3.44. The number of urea groups is 1. The van der Waals surface area contributed by atoms with Gasteiger partial charge in [0, 0.05) is 31.6 Å². The fourth-order valence-electron chi connectivity index (χ4n) is 2.62. The molecule has 2 amide bonds. The number of ether oxygens (including phenoxy) is 2. The van der Waals surface area contributed by atoms with E-state index in [1.807, 2.05) is 0 Å². The van der Waals surface area contributed by atoms with Crippen molar-refractivity contribution in [3.05, 3.63) is 17.2 Å². The van der Waals surface area contributed by atoms with Gasteiger partial charge >= 0.3 is 12.0 Å². The maximum Gasteiger partial charge on any atom is 0.321 e. The fourth-order valence-corrected chi connectivity index (χ4v) is 2.82. The van der Waals surface area contributed by atoms with Gasteiger partial charge in [0.05, 0.1) is 29.8 Å². The van der Waals surface area contributed by atoms with Crippen LogP contribution in [0.15, 0.2) is 12.1 Å². The van der Waals surface area contributed by atoms with Crippen LogP contribution < -0.4 is 14.8 Å². The summed E-state index contributed by atoms with van der Waals surface area (Å²) < 4.78 is 11.1. The Labute approximate surface area is 138 Å². The van der Waals surface area contributed by atoms with Crippen LogP contribution in [0, 0.1) is 5.92 Å². The van der Waals surface area contributed by atoms with E-state index in [0.717, 1.165) is 6.42 Å². The summed E-state index contributed by atoms with van der Waals surface area (Å²) in [6.45, 7) is 1.70. The number of carbonyl (C=O) groups is 2. The molecule has 2 heterocycles. The highest BCUT2D eigenvalue weighted by Crippen LogP contribution is 2.37. The molecule has 1 saturated heterocycles. The molecule has 2 aliphatic rings. The molecular weight excluding hydrogens is 324 g/mol. The van der Waals surface area contributed by atoms with Crippen LogP contribution in [0.5, 0.6) is 11.5 Å². The average Bonchev–Trinajstić information content (AvgIpc) is 2.91. The van der Waals surface area contributed by atoms with E-state index in [1.54, 1.807) is 12.1 Å². The molecule has 2 aliphatic heterocycles. The molecule has 124 valence electrons. The number of carboxylic acid groups (broad SMARTS) is 1. The molecule has 0 aromatic heterocycles. The Morgan fingerprint density at radius 1 is 1.26 bits per heavy atom. The predicted octanol–water partition coefficient (Wildman–Crippen LogP) is 2.44. The fraction of sp³-hybridized carbons (Fsp3) is 0.467. The number of benzene rings is 1. The van der Waals surface area contributed by atoms with E-state index in [4.69, 9.17) is 26.2 Å². The molecule has 2 N–H and O–H groups in total. The molecule has 1 unspecified atom stereocenters. The maximum atomic E-state index is 12.3. The van der Waals surface area contributed by atoms with E-state index in [2.05, 4.69) is 5.32 Å². The van der Waals surface area contributed by atoms with Crippen molar-refractivity contribution in [1.29, 1.82) is 0 Å². The number of carboxylic acids is 1. The van der Waals surface area contributed by atoms with Crippen LogP contribution in [0.2, 0.25) is 5.02 Å². The quantitative estimate of drug-likeness (QED) is 0.863. The van der Waals surface area contributed by atoms with Gasteiger partial charge in [-0.15, -0.1) is 0 Å². The molecule has 0 bridgehead atoms. The van der Waals surface area contributed by atoms with Crippen LogP contribution in [0.25, 0.3) is 0 Å². The Kier molecular flexibility index (Phi) is 4.47.